The molecule has 4 nitrogen and oxygen atoms in total. The van der Waals surface area contributed by atoms with Crippen molar-refractivity contribution in [2.24, 2.45) is 0 Å². The van der Waals surface area contributed by atoms with Crippen molar-refractivity contribution in [3.05, 3.63) is 0 Å². The maximum absolute atomic E-state index is 5.28. The molecule has 1 saturated heterocycles. The first-order valence-corrected chi connectivity index (χ1v) is 7.62. The highest BCUT2D eigenvalue weighted by Crippen LogP contribution is 2.08. The van der Waals surface area contributed by atoms with Crippen LogP contribution < -0.4 is 10.6 Å². The van der Waals surface area contributed by atoms with Gasteiger partial charge in [-0.2, -0.15) is 0 Å². The average molecular weight is 232 g/mol. The van der Waals surface area contributed by atoms with E-state index < -0.39 is 9.28 Å². The van der Waals surface area contributed by atoms with Crippen molar-refractivity contribution in [1.82, 2.24) is 10.6 Å². The summed E-state index contributed by atoms with van der Waals surface area (Å²) in [4.78, 5) is 0. The summed E-state index contributed by atoms with van der Waals surface area (Å²) < 4.78 is 10.6. The lowest BCUT2D eigenvalue weighted by atomic mass is 10.1. The summed E-state index contributed by atoms with van der Waals surface area (Å²) in [7, 11) is 2.21. The average Bonchev–Trinajstić information content (AvgIpc) is 2.31. The zero-order valence-electron chi connectivity index (χ0n) is 9.92. The molecule has 0 aliphatic carbocycles. The quantitative estimate of drug-likeness (QED) is 0.487. The Morgan fingerprint density at radius 1 is 1.20 bits per heavy atom. The van der Waals surface area contributed by atoms with Gasteiger partial charge >= 0.3 is 9.28 Å². The molecule has 5 heteroatoms. The number of hydrogen-bond donors (Lipinski definition) is 2. The fraction of sp³-hybridized carbons (Fsp3) is 1.00. The second kappa shape index (κ2) is 8.24. The maximum atomic E-state index is 5.28. The van der Waals surface area contributed by atoms with Crippen LogP contribution in [-0.2, 0) is 8.85 Å². The van der Waals surface area contributed by atoms with Crippen molar-refractivity contribution >= 4 is 9.28 Å². The molecule has 2 N–H and O–H groups in total. The molecule has 0 aromatic rings. The zero-order valence-corrected chi connectivity index (χ0v) is 11.1. The lowest BCUT2D eigenvalue weighted by Crippen LogP contribution is -2.48. The summed E-state index contributed by atoms with van der Waals surface area (Å²) in [5.41, 5.74) is 0. The number of piperazine rings is 1. The van der Waals surface area contributed by atoms with E-state index >= 15 is 0 Å². The third-order valence-electron chi connectivity index (χ3n) is 2.89. The van der Waals surface area contributed by atoms with Gasteiger partial charge in [0, 0.05) is 39.9 Å². The lowest BCUT2D eigenvalue weighted by molar-refractivity contribution is 0.275. The van der Waals surface area contributed by atoms with Crippen molar-refractivity contribution in [1.29, 1.82) is 0 Å². The highest BCUT2D eigenvalue weighted by atomic mass is 28.3. The van der Waals surface area contributed by atoms with Crippen molar-refractivity contribution in [3.63, 3.8) is 0 Å². The molecule has 0 amide bonds. The van der Waals surface area contributed by atoms with Gasteiger partial charge in [0.1, 0.15) is 0 Å². The summed E-state index contributed by atoms with van der Waals surface area (Å²) in [5.74, 6) is 0. The van der Waals surface area contributed by atoms with E-state index in [0.717, 1.165) is 25.7 Å². The standard InChI is InChI=1S/C10H24N2O2Si/c1-13-15(14-2)8-4-3-5-10-9-11-6-7-12-10/h10-12,15H,3-9H2,1-2H3. The minimum absolute atomic E-state index is 0.670. The van der Waals surface area contributed by atoms with Crippen LogP contribution in [0, 0.1) is 0 Å². The summed E-state index contributed by atoms with van der Waals surface area (Å²) in [6, 6.07) is 1.80. The van der Waals surface area contributed by atoms with E-state index in [2.05, 4.69) is 10.6 Å². The highest BCUT2D eigenvalue weighted by molar-refractivity contribution is 6.44. The van der Waals surface area contributed by atoms with Crippen LogP contribution in [0.3, 0.4) is 0 Å². The Morgan fingerprint density at radius 2 is 2.00 bits per heavy atom. The Kier molecular flexibility index (Phi) is 7.21. The molecule has 1 rings (SSSR count). The molecule has 15 heavy (non-hydrogen) atoms. The monoisotopic (exact) mass is 232 g/mol. The zero-order chi connectivity index (χ0) is 10.9. The molecule has 1 aliphatic rings. The van der Waals surface area contributed by atoms with Crippen LogP contribution in [0.4, 0.5) is 0 Å². The van der Waals surface area contributed by atoms with Gasteiger partial charge in [-0.15, -0.1) is 0 Å². The molecule has 90 valence electrons. The van der Waals surface area contributed by atoms with Gasteiger partial charge in [0.25, 0.3) is 0 Å². The van der Waals surface area contributed by atoms with Crippen LogP contribution in [-0.4, -0.2) is 49.2 Å². The van der Waals surface area contributed by atoms with Gasteiger partial charge < -0.3 is 19.5 Å². The molecule has 0 aromatic heterocycles. The lowest BCUT2D eigenvalue weighted by Gasteiger charge is -2.24. The molecule has 0 aromatic carbocycles. The van der Waals surface area contributed by atoms with Crippen LogP contribution in [0.2, 0.25) is 6.04 Å². The van der Waals surface area contributed by atoms with E-state index in [1.165, 1.54) is 19.3 Å². The first-order chi connectivity index (χ1) is 7.36. The van der Waals surface area contributed by atoms with E-state index in [1.807, 2.05) is 0 Å². The third kappa shape index (κ3) is 5.63. The van der Waals surface area contributed by atoms with Crippen molar-refractivity contribution in [3.8, 4) is 0 Å². The predicted molar refractivity (Wildman–Crippen MR) is 64.5 cm³/mol. The summed E-state index contributed by atoms with van der Waals surface area (Å²) in [6.45, 7) is 3.34. The highest BCUT2D eigenvalue weighted by Gasteiger charge is 2.12. The Labute approximate surface area is 94.6 Å². The van der Waals surface area contributed by atoms with E-state index in [0.29, 0.717) is 6.04 Å². The van der Waals surface area contributed by atoms with Gasteiger partial charge in [0.05, 0.1) is 0 Å². The maximum Gasteiger partial charge on any atom is 0.320 e. The minimum atomic E-state index is -1.30. The number of nitrogens with one attached hydrogen (secondary N) is 2. The van der Waals surface area contributed by atoms with Crippen LogP contribution in [0.5, 0.6) is 0 Å². The van der Waals surface area contributed by atoms with Gasteiger partial charge in [-0.1, -0.05) is 12.8 Å². The molecule has 0 saturated carbocycles. The van der Waals surface area contributed by atoms with Gasteiger partial charge in [0.2, 0.25) is 0 Å². The van der Waals surface area contributed by atoms with Crippen molar-refractivity contribution in [2.75, 3.05) is 33.9 Å². The van der Waals surface area contributed by atoms with Gasteiger partial charge in [-0.05, 0) is 12.5 Å². The number of hydrogen-bond acceptors (Lipinski definition) is 4. The second-order valence-corrected chi connectivity index (χ2v) is 6.42. The Bertz CT molecular complexity index is 150. The Morgan fingerprint density at radius 3 is 2.60 bits per heavy atom. The predicted octanol–water partition coefficient (Wildman–Crippen LogP) is 0.231. The topological polar surface area (TPSA) is 42.5 Å². The van der Waals surface area contributed by atoms with Crippen LogP contribution in [0.25, 0.3) is 0 Å². The van der Waals surface area contributed by atoms with Gasteiger partial charge in [0.15, 0.2) is 0 Å². The van der Waals surface area contributed by atoms with Crippen molar-refractivity contribution < 1.29 is 8.85 Å². The normalized spacial score (nSPS) is 22.2. The molecular formula is C10H24N2O2Si. The molecule has 1 aliphatic heterocycles. The molecule has 1 atom stereocenters. The van der Waals surface area contributed by atoms with Crippen LogP contribution in [0.15, 0.2) is 0 Å². The third-order valence-corrected chi connectivity index (χ3v) is 4.82. The van der Waals surface area contributed by atoms with Gasteiger partial charge in [-0.25, -0.2) is 0 Å². The van der Waals surface area contributed by atoms with E-state index in [1.54, 1.807) is 14.2 Å². The second-order valence-electron chi connectivity index (χ2n) is 4.04. The number of unbranched alkanes of at least 4 members (excludes halogenated alkanes) is 1. The molecule has 0 bridgehead atoms. The van der Waals surface area contributed by atoms with E-state index in [9.17, 15) is 0 Å². The summed E-state index contributed by atoms with van der Waals surface area (Å²) in [5, 5.41) is 6.93. The molecule has 1 unspecified atom stereocenters. The smallest absolute Gasteiger partial charge is 0.320 e. The molecule has 0 spiro atoms. The molecular weight excluding hydrogens is 208 g/mol. The van der Waals surface area contributed by atoms with Crippen molar-refractivity contribution in [2.45, 2.75) is 31.3 Å². The minimum Gasteiger partial charge on any atom is -0.400 e. The first-order valence-electron chi connectivity index (χ1n) is 5.86. The van der Waals surface area contributed by atoms with Crippen LogP contribution in [0.1, 0.15) is 19.3 Å². The van der Waals surface area contributed by atoms with E-state index in [4.69, 9.17) is 8.85 Å². The Balaban J connectivity index is 1.95. The Hall–Kier alpha value is 0.0569. The largest absolute Gasteiger partial charge is 0.400 e. The van der Waals surface area contributed by atoms with Gasteiger partial charge in [-0.3, -0.25) is 0 Å². The fourth-order valence-electron chi connectivity index (χ4n) is 1.95. The molecule has 1 heterocycles. The summed E-state index contributed by atoms with van der Waals surface area (Å²) >= 11 is 0. The number of rotatable bonds is 7. The molecule has 0 radical (unpaired) electrons. The molecule has 1 fully saturated rings. The summed E-state index contributed by atoms with van der Waals surface area (Å²) in [6.07, 6.45) is 3.77. The SMILES string of the molecule is CO[SiH](CCCCC1CNCCN1)OC. The first kappa shape index (κ1) is 13.1. The fourth-order valence-corrected chi connectivity index (χ4v) is 3.24. The van der Waals surface area contributed by atoms with Crippen LogP contribution >= 0.6 is 0 Å². The van der Waals surface area contributed by atoms with E-state index in [-0.39, 0.29) is 0 Å².